The van der Waals surface area contributed by atoms with Crippen LogP contribution in [0.2, 0.25) is 10.0 Å². The zero-order valence-corrected chi connectivity index (χ0v) is 16.2. The number of thiazole rings is 1. The molecule has 1 aromatic carbocycles. The monoisotopic (exact) mass is 423 g/mol. The number of nitrogens with two attached hydrogens (primary N) is 1. The molecule has 4 rings (SSSR count). The zero-order chi connectivity index (χ0) is 19.1. The van der Waals surface area contributed by atoms with Crippen LogP contribution in [-0.2, 0) is 0 Å². The molecular formula is C18H12Cl2FN3O2S. The van der Waals surface area contributed by atoms with Crippen molar-refractivity contribution in [2.75, 3.05) is 5.73 Å². The molecule has 3 heterocycles. The molecule has 5 nitrogen and oxygen atoms in total. The van der Waals surface area contributed by atoms with Gasteiger partial charge in [-0.15, -0.1) is 11.3 Å². The first-order chi connectivity index (χ1) is 13.0. The summed E-state index contributed by atoms with van der Waals surface area (Å²) in [7, 11) is 0. The van der Waals surface area contributed by atoms with Gasteiger partial charge < -0.3 is 14.9 Å². The lowest BCUT2D eigenvalue weighted by Crippen LogP contribution is -2.08. The van der Waals surface area contributed by atoms with Crippen LogP contribution in [0.5, 0.6) is 5.75 Å². The van der Waals surface area contributed by atoms with Gasteiger partial charge in [0.25, 0.3) is 0 Å². The fraction of sp³-hybridized carbons (Fsp3) is 0.111. The number of hydrogen-bond donors (Lipinski definition) is 1. The highest BCUT2D eigenvalue weighted by Gasteiger charge is 2.23. The Hall–Kier alpha value is -2.35. The third kappa shape index (κ3) is 3.12. The smallest absolute Gasteiger partial charge is 0.205 e. The molecule has 0 amide bonds. The van der Waals surface area contributed by atoms with Crippen molar-refractivity contribution >= 4 is 51.3 Å². The second kappa shape index (κ2) is 6.99. The molecule has 0 aliphatic carbocycles. The van der Waals surface area contributed by atoms with Gasteiger partial charge in [0.15, 0.2) is 11.4 Å². The van der Waals surface area contributed by atoms with E-state index < -0.39 is 11.9 Å². The molecule has 0 bridgehead atoms. The van der Waals surface area contributed by atoms with Crippen molar-refractivity contribution in [2.24, 2.45) is 0 Å². The number of furan rings is 1. The van der Waals surface area contributed by atoms with Gasteiger partial charge in [-0.2, -0.15) is 0 Å². The van der Waals surface area contributed by atoms with Crippen LogP contribution in [0.25, 0.3) is 21.5 Å². The van der Waals surface area contributed by atoms with Crippen LogP contribution in [0, 0.1) is 5.82 Å². The largest absolute Gasteiger partial charge is 0.478 e. The van der Waals surface area contributed by atoms with Crippen LogP contribution in [0.15, 0.2) is 40.6 Å². The van der Waals surface area contributed by atoms with E-state index in [-0.39, 0.29) is 21.6 Å². The van der Waals surface area contributed by atoms with Gasteiger partial charge in [0.05, 0.1) is 16.0 Å². The van der Waals surface area contributed by atoms with Crippen molar-refractivity contribution in [3.63, 3.8) is 0 Å². The highest BCUT2D eigenvalue weighted by Crippen LogP contribution is 2.41. The van der Waals surface area contributed by atoms with Gasteiger partial charge in [-0.3, -0.25) is 0 Å². The van der Waals surface area contributed by atoms with Crippen molar-refractivity contribution in [3.8, 4) is 16.3 Å². The molecule has 1 atom stereocenters. The van der Waals surface area contributed by atoms with Gasteiger partial charge in [0, 0.05) is 28.4 Å². The van der Waals surface area contributed by atoms with E-state index >= 15 is 0 Å². The molecule has 2 N–H and O–H groups in total. The third-order valence-electron chi connectivity index (χ3n) is 4.04. The molecular weight excluding hydrogens is 412 g/mol. The Kier molecular flexibility index (Phi) is 4.67. The fourth-order valence-corrected chi connectivity index (χ4v) is 4.10. The predicted octanol–water partition coefficient (Wildman–Crippen LogP) is 6.12. The summed E-state index contributed by atoms with van der Waals surface area (Å²) in [5, 5.41) is 3.55. The van der Waals surface area contributed by atoms with Crippen LogP contribution in [0.3, 0.4) is 0 Å². The standard InChI is InChI=1S/C18H12Cl2FN3O2S/c1-8(13-11(19)2-3-12(21)14(13)20)26-16-15-9(6-24-17(16)22)10(7-25-15)18-23-4-5-27-18/h2-8H,1H3,(H2,22,24)/t8-/m1/s1. The molecule has 0 aliphatic rings. The van der Waals surface area contributed by atoms with Crippen molar-refractivity contribution in [1.29, 1.82) is 0 Å². The number of nitrogen functional groups attached to an aromatic ring is 1. The van der Waals surface area contributed by atoms with Gasteiger partial charge in [-0.25, -0.2) is 14.4 Å². The molecule has 4 aromatic rings. The van der Waals surface area contributed by atoms with Crippen molar-refractivity contribution in [1.82, 2.24) is 9.97 Å². The molecule has 3 aromatic heterocycles. The van der Waals surface area contributed by atoms with E-state index in [1.54, 1.807) is 25.6 Å². The summed E-state index contributed by atoms with van der Waals surface area (Å²) in [4.78, 5) is 8.47. The number of pyridine rings is 1. The van der Waals surface area contributed by atoms with Crippen LogP contribution >= 0.6 is 34.5 Å². The zero-order valence-electron chi connectivity index (χ0n) is 13.9. The molecule has 0 unspecified atom stereocenters. The third-order valence-corrected chi connectivity index (χ3v) is 5.56. The summed E-state index contributed by atoms with van der Waals surface area (Å²) < 4.78 is 25.5. The van der Waals surface area contributed by atoms with Gasteiger partial charge >= 0.3 is 0 Å². The summed E-state index contributed by atoms with van der Waals surface area (Å²) in [6, 6.07) is 2.62. The molecule has 0 aliphatic heterocycles. The summed E-state index contributed by atoms with van der Waals surface area (Å²) >= 11 is 13.7. The first-order valence-corrected chi connectivity index (χ1v) is 9.46. The number of anilines is 1. The van der Waals surface area contributed by atoms with Gasteiger partial charge in [-0.1, -0.05) is 23.2 Å². The van der Waals surface area contributed by atoms with E-state index in [9.17, 15) is 4.39 Å². The topological polar surface area (TPSA) is 74.2 Å². The molecule has 0 radical (unpaired) electrons. The number of hydrogen-bond acceptors (Lipinski definition) is 6. The Bertz CT molecular complexity index is 1130. The second-order valence-corrected chi connectivity index (χ2v) is 7.40. The Morgan fingerprint density at radius 2 is 2.11 bits per heavy atom. The quantitative estimate of drug-likeness (QED) is 0.400. The Labute approximate surface area is 167 Å². The van der Waals surface area contributed by atoms with E-state index in [4.69, 9.17) is 38.1 Å². The SMILES string of the molecule is C[C@@H](Oc1c(N)ncc2c(-c3nccs3)coc12)c1c(Cl)ccc(F)c1Cl. The number of nitrogens with zero attached hydrogens (tertiary/aromatic N) is 2. The lowest BCUT2D eigenvalue weighted by Gasteiger charge is -2.18. The van der Waals surface area contributed by atoms with Crippen LogP contribution in [0.4, 0.5) is 10.2 Å². The maximum Gasteiger partial charge on any atom is 0.205 e. The minimum absolute atomic E-state index is 0.100. The van der Waals surface area contributed by atoms with Crippen molar-refractivity contribution in [3.05, 3.63) is 57.6 Å². The molecule has 9 heteroatoms. The molecule has 0 saturated heterocycles. The first-order valence-electron chi connectivity index (χ1n) is 7.83. The van der Waals surface area contributed by atoms with Gasteiger partial charge in [-0.05, 0) is 19.1 Å². The van der Waals surface area contributed by atoms with Crippen molar-refractivity contribution in [2.45, 2.75) is 13.0 Å². The van der Waals surface area contributed by atoms with Gasteiger partial charge in [0.2, 0.25) is 5.75 Å². The Balaban J connectivity index is 1.79. The summed E-state index contributed by atoms with van der Waals surface area (Å²) in [6.07, 6.45) is 4.19. The second-order valence-electron chi connectivity index (χ2n) is 5.72. The summed E-state index contributed by atoms with van der Waals surface area (Å²) in [6.45, 7) is 1.69. The van der Waals surface area contributed by atoms with Crippen LogP contribution in [-0.4, -0.2) is 9.97 Å². The molecule has 0 saturated carbocycles. The highest BCUT2D eigenvalue weighted by molar-refractivity contribution is 7.13. The molecule has 138 valence electrons. The highest BCUT2D eigenvalue weighted by atomic mass is 35.5. The summed E-state index contributed by atoms with van der Waals surface area (Å²) in [5.41, 5.74) is 7.52. The number of rotatable bonds is 4. The molecule has 27 heavy (non-hydrogen) atoms. The minimum Gasteiger partial charge on any atom is -0.478 e. The maximum atomic E-state index is 13.8. The average Bonchev–Trinajstić information content (AvgIpc) is 3.30. The molecule has 0 spiro atoms. The normalized spacial score (nSPS) is 12.4. The fourth-order valence-electron chi connectivity index (χ4n) is 2.77. The number of aromatic nitrogens is 2. The Morgan fingerprint density at radius 3 is 2.85 bits per heavy atom. The number of ether oxygens (including phenoxy) is 1. The minimum atomic E-state index is -0.691. The maximum absolute atomic E-state index is 13.8. The van der Waals surface area contributed by atoms with Crippen LogP contribution in [0.1, 0.15) is 18.6 Å². The van der Waals surface area contributed by atoms with E-state index in [0.717, 1.165) is 10.6 Å². The van der Waals surface area contributed by atoms with Crippen LogP contribution < -0.4 is 10.5 Å². The number of halogens is 3. The molecule has 0 fully saturated rings. The lowest BCUT2D eigenvalue weighted by atomic mass is 10.1. The summed E-state index contributed by atoms with van der Waals surface area (Å²) in [5.74, 6) is -0.211. The number of benzene rings is 1. The first kappa shape index (κ1) is 18.0. The van der Waals surface area contributed by atoms with Gasteiger partial charge in [0.1, 0.15) is 23.2 Å². The van der Waals surface area contributed by atoms with Crippen molar-refractivity contribution < 1.29 is 13.5 Å². The lowest BCUT2D eigenvalue weighted by molar-refractivity contribution is 0.227. The van der Waals surface area contributed by atoms with E-state index in [2.05, 4.69) is 9.97 Å². The van der Waals surface area contributed by atoms with E-state index in [1.807, 2.05) is 5.38 Å². The number of fused-ring (bicyclic) bond motifs is 1. The average molecular weight is 424 g/mol. The van der Waals surface area contributed by atoms with E-state index in [1.165, 1.54) is 23.5 Å². The van der Waals surface area contributed by atoms with E-state index in [0.29, 0.717) is 16.5 Å². The Morgan fingerprint density at radius 1 is 1.30 bits per heavy atom. The predicted molar refractivity (Wildman–Crippen MR) is 105 cm³/mol.